The van der Waals surface area contributed by atoms with Gasteiger partial charge in [-0.3, -0.25) is 4.99 Å². The highest BCUT2D eigenvalue weighted by Crippen LogP contribution is 2.25. The highest BCUT2D eigenvalue weighted by molar-refractivity contribution is 5.80. The molecule has 2 N–H and O–H groups in total. The van der Waals surface area contributed by atoms with E-state index in [1.165, 1.54) is 58.0 Å². The third-order valence-corrected chi connectivity index (χ3v) is 6.40. The normalized spacial score (nSPS) is 25.9. The third kappa shape index (κ3) is 7.53. The van der Waals surface area contributed by atoms with Gasteiger partial charge in [0, 0.05) is 57.4 Å². The first-order valence-corrected chi connectivity index (χ1v) is 11.8. The van der Waals surface area contributed by atoms with Crippen LogP contribution in [0.3, 0.4) is 0 Å². The SMILES string of the molecule is CCNC(=NCCCOCC1CCOC1)NC1CCN(C2CCCCC2)CC1. The van der Waals surface area contributed by atoms with Gasteiger partial charge in [-0.1, -0.05) is 19.3 Å². The van der Waals surface area contributed by atoms with Gasteiger partial charge in [0.25, 0.3) is 0 Å². The summed E-state index contributed by atoms with van der Waals surface area (Å²) >= 11 is 0. The van der Waals surface area contributed by atoms with E-state index in [-0.39, 0.29) is 0 Å². The number of ether oxygens (including phenoxy) is 2. The maximum Gasteiger partial charge on any atom is 0.191 e. The molecule has 2 saturated heterocycles. The zero-order valence-corrected chi connectivity index (χ0v) is 18.0. The molecule has 1 saturated carbocycles. The molecule has 162 valence electrons. The molecule has 0 amide bonds. The van der Waals surface area contributed by atoms with E-state index in [1.807, 2.05) is 0 Å². The number of nitrogens with one attached hydrogen (secondary N) is 2. The molecule has 28 heavy (non-hydrogen) atoms. The standard InChI is InChI=1S/C22H42N4O2/c1-2-23-22(24-12-6-15-27-17-19-11-16-28-18-19)25-20-9-13-26(14-10-20)21-7-4-3-5-8-21/h19-21H,2-18H2,1H3,(H2,23,24,25). The van der Waals surface area contributed by atoms with Gasteiger partial charge >= 0.3 is 0 Å². The monoisotopic (exact) mass is 394 g/mol. The van der Waals surface area contributed by atoms with Gasteiger partial charge in [-0.05, 0) is 45.4 Å². The lowest BCUT2D eigenvalue weighted by Gasteiger charge is -2.39. The van der Waals surface area contributed by atoms with Crippen molar-refractivity contribution in [2.75, 3.05) is 52.6 Å². The predicted molar refractivity (Wildman–Crippen MR) is 115 cm³/mol. The smallest absolute Gasteiger partial charge is 0.191 e. The highest BCUT2D eigenvalue weighted by Gasteiger charge is 2.26. The first-order valence-electron chi connectivity index (χ1n) is 11.8. The Hall–Kier alpha value is -0.850. The molecular formula is C22H42N4O2. The molecule has 0 aromatic heterocycles. The Bertz CT molecular complexity index is 440. The Kier molecular flexibility index (Phi) is 9.88. The average molecular weight is 395 g/mol. The fraction of sp³-hybridized carbons (Fsp3) is 0.955. The third-order valence-electron chi connectivity index (χ3n) is 6.40. The summed E-state index contributed by atoms with van der Waals surface area (Å²) in [4.78, 5) is 7.51. The highest BCUT2D eigenvalue weighted by atomic mass is 16.5. The Morgan fingerprint density at radius 1 is 1.11 bits per heavy atom. The Morgan fingerprint density at radius 2 is 1.93 bits per heavy atom. The maximum absolute atomic E-state index is 5.78. The van der Waals surface area contributed by atoms with E-state index < -0.39 is 0 Å². The Balaban J connectivity index is 1.30. The minimum absolute atomic E-state index is 0.552. The van der Waals surface area contributed by atoms with Crippen molar-refractivity contribution < 1.29 is 9.47 Å². The zero-order chi connectivity index (χ0) is 19.4. The lowest BCUT2D eigenvalue weighted by molar-refractivity contribution is 0.0893. The summed E-state index contributed by atoms with van der Waals surface area (Å²) < 4.78 is 11.2. The summed E-state index contributed by atoms with van der Waals surface area (Å²) in [5.74, 6) is 1.57. The molecule has 0 aromatic rings. The fourth-order valence-corrected chi connectivity index (χ4v) is 4.69. The van der Waals surface area contributed by atoms with E-state index in [0.29, 0.717) is 12.0 Å². The number of rotatable bonds is 9. The van der Waals surface area contributed by atoms with Crippen LogP contribution in [-0.2, 0) is 9.47 Å². The average Bonchev–Trinajstić information content (AvgIpc) is 3.25. The predicted octanol–water partition coefficient (Wildman–Crippen LogP) is 2.78. The number of guanidine groups is 1. The van der Waals surface area contributed by atoms with E-state index in [2.05, 4.69) is 22.5 Å². The zero-order valence-electron chi connectivity index (χ0n) is 18.0. The van der Waals surface area contributed by atoms with Gasteiger partial charge in [-0.25, -0.2) is 0 Å². The fourth-order valence-electron chi connectivity index (χ4n) is 4.69. The summed E-state index contributed by atoms with van der Waals surface area (Å²) in [6.07, 6.45) is 11.7. The van der Waals surface area contributed by atoms with Gasteiger partial charge in [-0.15, -0.1) is 0 Å². The number of nitrogens with zero attached hydrogens (tertiary/aromatic N) is 2. The second kappa shape index (κ2) is 12.7. The van der Waals surface area contributed by atoms with Crippen molar-refractivity contribution in [2.24, 2.45) is 10.9 Å². The molecule has 0 spiro atoms. The van der Waals surface area contributed by atoms with Crippen molar-refractivity contribution in [3.05, 3.63) is 0 Å². The van der Waals surface area contributed by atoms with Gasteiger partial charge in [0.05, 0.1) is 13.2 Å². The van der Waals surface area contributed by atoms with Crippen molar-refractivity contribution >= 4 is 5.96 Å². The van der Waals surface area contributed by atoms with Crippen LogP contribution in [0.2, 0.25) is 0 Å². The molecule has 0 bridgehead atoms. The number of piperidine rings is 1. The molecule has 6 nitrogen and oxygen atoms in total. The van der Waals surface area contributed by atoms with Crippen LogP contribution in [0.1, 0.15) is 64.7 Å². The quantitative estimate of drug-likeness (QED) is 0.358. The van der Waals surface area contributed by atoms with Gasteiger partial charge < -0.3 is 25.0 Å². The van der Waals surface area contributed by atoms with Crippen molar-refractivity contribution in [3.63, 3.8) is 0 Å². The molecule has 1 aliphatic carbocycles. The van der Waals surface area contributed by atoms with E-state index >= 15 is 0 Å². The minimum Gasteiger partial charge on any atom is -0.381 e. The van der Waals surface area contributed by atoms with Crippen molar-refractivity contribution in [1.82, 2.24) is 15.5 Å². The molecule has 0 radical (unpaired) electrons. The van der Waals surface area contributed by atoms with Crippen LogP contribution in [0.5, 0.6) is 0 Å². The molecule has 3 fully saturated rings. The molecule has 3 rings (SSSR count). The van der Waals surface area contributed by atoms with Crippen molar-refractivity contribution in [1.29, 1.82) is 0 Å². The lowest BCUT2D eigenvalue weighted by Crippen LogP contribution is -2.51. The van der Waals surface area contributed by atoms with Crippen molar-refractivity contribution in [2.45, 2.75) is 76.8 Å². The molecule has 2 aliphatic heterocycles. The van der Waals surface area contributed by atoms with Crippen LogP contribution in [0.25, 0.3) is 0 Å². The van der Waals surface area contributed by atoms with Crippen LogP contribution in [0.15, 0.2) is 4.99 Å². The van der Waals surface area contributed by atoms with E-state index in [1.54, 1.807) is 0 Å². The van der Waals surface area contributed by atoms with Gasteiger partial charge in [-0.2, -0.15) is 0 Å². The van der Waals surface area contributed by atoms with Crippen LogP contribution in [-0.4, -0.2) is 75.5 Å². The number of aliphatic imine (C=N–C) groups is 1. The van der Waals surface area contributed by atoms with E-state index in [4.69, 9.17) is 14.5 Å². The number of likely N-dealkylation sites (tertiary alicyclic amines) is 1. The Morgan fingerprint density at radius 3 is 2.64 bits per heavy atom. The van der Waals surface area contributed by atoms with Gasteiger partial charge in [0.2, 0.25) is 0 Å². The summed E-state index contributed by atoms with van der Waals surface area (Å²) in [6, 6.07) is 1.41. The lowest BCUT2D eigenvalue weighted by atomic mass is 9.92. The molecule has 1 atom stereocenters. The topological polar surface area (TPSA) is 58.1 Å². The van der Waals surface area contributed by atoms with Crippen LogP contribution in [0.4, 0.5) is 0 Å². The molecule has 3 aliphatic rings. The maximum atomic E-state index is 5.78. The number of hydrogen-bond acceptors (Lipinski definition) is 4. The summed E-state index contributed by atoms with van der Waals surface area (Å²) in [6.45, 7) is 9.72. The molecule has 0 aromatic carbocycles. The largest absolute Gasteiger partial charge is 0.381 e. The molecule has 6 heteroatoms. The number of hydrogen-bond donors (Lipinski definition) is 2. The van der Waals surface area contributed by atoms with Gasteiger partial charge in [0.15, 0.2) is 5.96 Å². The summed E-state index contributed by atoms with van der Waals surface area (Å²) in [7, 11) is 0. The van der Waals surface area contributed by atoms with Crippen LogP contribution >= 0.6 is 0 Å². The Labute approximate surface area is 171 Å². The van der Waals surface area contributed by atoms with Crippen LogP contribution < -0.4 is 10.6 Å². The first kappa shape index (κ1) is 21.8. The second-order valence-corrected chi connectivity index (χ2v) is 8.67. The van der Waals surface area contributed by atoms with Gasteiger partial charge in [0.1, 0.15) is 0 Å². The van der Waals surface area contributed by atoms with E-state index in [0.717, 1.165) is 64.4 Å². The summed E-state index contributed by atoms with van der Waals surface area (Å²) in [5.41, 5.74) is 0. The summed E-state index contributed by atoms with van der Waals surface area (Å²) in [5, 5.41) is 7.08. The van der Waals surface area contributed by atoms with E-state index in [9.17, 15) is 0 Å². The first-order chi connectivity index (χ1) is 13.8. The second-order valence-electron chi connectivity index (χ2n) is 8.67. The molecular weight excluding hydrogens is 352 g/mol. The van der Waals surface area contributed by atoms with Crippen LogP contribution in [0, 0.1) is 5.92 Å². The molecule has 2 heterocycles. The minimum atomic E-state index is 0.552. The molecule has 1 unspecified atom stereocenters. The van der Waals surface area contributed by atoms with Crippen molar-refractivity contribution in [3.8, 4) is 0 Å².